The van der Waals surface area contributed by atoms with E-state index < -0.39 is 11.2 Å². The number of thiazole rings is 1. The Hall–Kier alpha value is -3.17. The lowest BCUT2D eigenvalue weighted by Gasteiger charge is -2.23. The lowest BCUT2D eigenvalue weighted by atomic mass is 10.2. The molecule has 1 aliphatic heterocycles. The Morgan fingerprint density at radius 3 is 2.83 bits per heavy atom. The third-order valence-electron chi connectivity index (χ3n) is 4.69. The minimum absolute atomic E-state index is 0.0606. The molecule has 0 aliphatic carbocycles. The highest BCUT2D eigenvalue weighted by Gasteiger charge is 2.29. The van der Waals surface area contributed by atoms with Gasteiger partial charge >= 0.3 is 5.97 Å². The number of nitrogens with one attached hydrogen (secondary N) is 1. The minimum atomic E-state index is -0.559. The van der Waals surface area contributed by atoms with Gasteiger partial charge in [-0.15, -0.1) is 11.8 Å². The molecular formula is C21H15N3O4S2. The van der Waals surface area contributed by atoms with Gasteiger partial charge in [0.2, 0.25) is 5.91 Å². The third-order valence-corrected chi connectivity index (χ3v) is 6.98. The van der Waals surface area contributed by atoms with Gasteiger partial charge in [-0.25, -0.2) is 4.98 Å². The molecule has 2 aromatic heterocycles. The number of hydrogen-bond acceptors (Lipinski definition) is 7. The molecule has 150 valence electrons. The van der Waals surface area contributed by atoms with Crippen LogP contribution >= 0.6 is 23.1 Å². The first-order valence-corrected chi connectivity index (χ1v) is 10.9. The van der Waals surface area contributed by atoms with Crippen molar-refractivity contribution in [3.05, 3.63) is 70.6 Å². The van der Waals surface area contributed by atoms with Gasteiger partial charge in [0, 0.05) is 11.0 Å². The molecule has 1 N–H and O–H groups in total. The van der Waals surface area contributed by atoms with E-state index in [1.165, 1.54) is 29.2 Å². The summed E-state index contributed by atoms with van der Waals surface area (Å²) in [6.45, 7) is -0.117. The lowest BCUT2D eigenvalue weighted by Crippen LogP contribution is -2.31. The van der Waals surface area contributed by atoms with Crippen molar-refractivity contribution in [2.24, 2.45) is 0 Å². The van der Waals surface area contributed by atoms with Crippen molar-refractivity contribution in [3.63, 3.8) is 0 Å². The van der Waals surface area contributed by atoms with Gasteiger partial charge in [-0.1, -0.05) is 35.6 Å². The van der Waals surface area contributed by atoms with Crippen LogP contribution in [0.3, 0.4) is 0 Å². The smallest absolute Gasteiger partial charge is 0.307 e. The highest BCUT2D eigenvalue weighted by molar-refractivity contribution is 8.01. The average molecular weight is 438 g/mol. The number of ether oxygens (including phenoxy) is 1. The van der Waals surface area contributed by atoms with Crippen LogP contribution in [0.25, 0.3) is 15.2 Å². The number of aromatic nitrogens is 2. The maximum Gasteiger partial charge on any atom is 0.307 e. The topological polar surface area (TPSA) is 89.8 Å². The van der Waals surface area contributed by atoms with Crippen molar-refractivity contribution >= 4 is 55.8 Å². The van der Waals surface area contributed by atoms with Crippen LogP contribution in [0.5, 0.6) is 0 Å². The second-order valence-electron chi connectivity index (χ2n) is 6.73. The van der Waals surface area contributed by atoms with E-state index in [1.807, 2.05) is 48.5 Å². The first-order chi connectivity index (χ1) is 14.6. The fraction of sp³-hybridized carbons (Fsp3) is 0.143. The molecule has 1 atom stereocenters. The first-order valence-electron chi connectivity index (χ1n) is 9.21. The quantitative estimate of drug-likeness (QED) is 0.492. The maximum atomic E-state index is 12.5. The number of rotatable bonds is 4. The molecule has 0 fully saturated rings. The van der Waals surface area contributed by atoms with Gasteiger partial charge in [0.25, 0.3) is 5.56 Å². The van der Waals surface area contributed by atoms with E-state index in [0.29, 0.717) is 10.7 Å². The number of fused-ring (bicyclic) bond motifs is 4. The Labute approximate surface area is 178 Å². The summed E-state index contributed by atoms with van der Waals surface area (Å²) >= 11 is 2.74. The van der Waals surface area contributed by atoms with Gasteiger partial charge in [-0.3, -0.25) is 18.8 Å². The van der Waals surface area contributed by atoms with E-state index >= 15 is 0 Å². The summed E-state index contributed by atoms with van der Waals surface area (Å²) in [5.41, 5.74) is 1.71. The standard InChI is InChI=1S/C21H15N3O4S2/c25-18-9-12(22-21-24(18)14-6-2-4-8-16(14)30-21)11-28-19(26)10-17-20(27)23-13-5-1-3-7-15(13)29-17/h1-9,17H,10-11H2,(H,23,27). The molecule has 7 nitrogen and oxygen atoms in total. The largest absolute Gasteiger partial charge is 0.459 e. The molecule has 5 rings (SSSR count). The Balaban J connectivity index is 1.29. The predicted octanol–water partition coefficient (Wildman–Crippen LogP) is 3.46. The van der Waals surface area contributed by atoms with E-state index in [2.05, 4.69) is 10.3 Å². The first kappa shape index (κ1) is 18.8. The van der Waals surface area contributed by atoms with Gasteiger partial charge < -0.3 is 10.1 Å². The number of carbonyl (C=O) groups is 2. The summed E-state index contributed by atoms with van der Waals surface area (Å²) in [6, 6.07) is 16.4. The number of thioether (sulfide) groups is 1. The summed E-state index contributed by atoms with van der Waals surface area (Å²) < 4.78 is 7.81. The van der Waals surface area contributed by atoms with Crippen molar-refractivity contribution < 1.29 is 14.3 Å². The Bertz CT molecular complexity index is 1360. The van der Waals surface area contributed by atoms with Crippen LogP contribution in [0.15, 0.2) is 64.3 Å². The lowest BCUT2D eigenvalue weighted by molar-refractivity contribution is -0.145. The number of hydrogen-bond donors (Lipinski definition) is 1. The van der Waals surface area contributed by atoms with E-state index in [1.54, 1.807) is 4.40 Å². The molecule has 2 aromatic carbocycles. The maximum absolute atomic E-state index is 12.5. The van der Waals surface area contributed by atoms with E-state index in [9.17, 15) is 14.4 Å². The van der Waals surface area contributed by atoms with Gasteiger partial charge in [0.1, 0.15) is 6.61 Å². The van der Waals surface area contributed by atoms with Crippen molar-refractivity contribution in [2.75, 3.05) is 5.32 Å². The molecule has 3 heterocycles. The van der Waals surface area contributed by atoms with Crippen LogP contribution in [0.1, 0.15) is 12.1 Å². The fourth-order valence-corrected chi connectivity index (χ4v) is 5.43. The average Bonchev–Trinajstić information content (AvgIpc) is 3.12. The predicted molar refractivity (Wildman–Crippen MR) is 116 cm³/mol. The summed E-state index contributed by atoms with van der Waals surface area (Å²) in [4.78, 5) is 43.0. The molecule has 1 unspecified atom stereocenters. The minimum Gasteiger partial charge on any atom is -0.459 e. The van der Waals surface area contributed by atoms with Crippen LogP contribution in [-0.2, 0) is 20.9 Å². The molecule has 9 heteroatoms. The van der Waals surface area contributed by atoms with Gasteiger partial charge in [0.15, 0.2) is 4.96 Å². The number of para-hydroxylation sites is 2. The molecule has 0 radical (unpaired) electrons. The Morgan fingerprint density at radius 2 is 1.93 bits per heavy atom. The fourth-order valence-electron chi connectivity index (χ4n) is 3.29. The Kier molecular flexibility index (Phi) is 4.76. The zero-order valence-electron chi connectivity index (χ0n) is 15.5. The normalized spacial score (nSPS) is 15.7. The van der Waals surface area contributed by atoms with Crippen molar-refractivity contribution in [2.45, 2.75) is 23.2 Å². The van der Waals surface area contributed by atoms with Crippen molar-refractivity contribution in [3.8, 4) is 0 Å². The van der Waals surface area contributed by atoms with Crippen LogP contribution in [0, 0.1) is 0 Å². The van der Waals surface area contributed by atoms with E-state index in [0.717, 1.165) is 20.8 Å². The molecule has 0 bridgehead atoms. The highest BCUT2D eigenvalue weighted by Crippen LogP contribution is 2.36. The molecule has 1 amide bonds. The van der Waals surface area contributed by atoms with E-state index in [4.69, 9.17) is 4.74 Å². The molecule has 1 aliphatic rings. The number of anilines is 1. The summed E-state index contributed by atoms with van der Waals surface area (Å²) in [6.07, 6.45) is -0.0606. The van der Waals surface area contributed by atoms with Gasteiger partial charge in [-0.2, -0.15) is 0 Å². The van der Waals surface area contributed by atoms with Crippen molar-refractivity contribution in [1.82, 2.24) is 9.38 Å². The molecule has 0 saturated heterocycles. The van der Waals surface area contributed by atoms with Crippen molar-refractivity contribution in [1.29, 1.82) is 0 Å². The van der Waals surface area contributed by atoms with Crippen LogP contribution in [-0.4, -0.2) is 26.5 Å². The number of benzene rings is 2. The number of amides is 1. The van der Waals surface area contributed by atoms with E-state index in [-0.39, 0.29) is 24.5 Å². The monoisotopic (exact) mass is 437 g/mol. The van der Waals surface area contributed by atoms with Crippen LogP contribution in [0.4, 0.5) is 5.69 Å². The molecule has 0 spiro atoms. The summed E-state index contributed by atoms with van der Waals surface area (Å²) in [5, 5.41) is 2.25. The van der Waals surface area contributed by atoms with Gasteiger partial charge in [0.05, 0.1) is 33.3 Å². The van der Waals surface area contributed by atoms with Crippen LogP contribution in [0.2, 0.25) is 0 Å². The van der Waals surface area contributed by atoms with Crippen LogP contribution < -0.4 is 10.9 Å². The highest BCUT2D eigenvalue weighted by atomic mass is 32.2. The van der Waals surface area contributed by atoms with Gasteiger partial charge in [-0.05, 0) is 24.3 Å². The second-order valence-corrected chi connectivity index (χ2v) is 8.98. The Morgan fingerprint density at radius 1 is 1.13 bits per heavy atom. The summed E-state index contributed by atoms with van der Waals surface area (Å²) in [5.74, 6) is -0.737. The zero-order chi connectivity index (χ0) is 20.7. The SMILES string of the molecule is O=C(CC1Sc2ccccc2NC1=O)OCc1cc(=O)n2c(n1)sc1ccccc12. The second kappa shape index (κ2) is 7.58. The molecular weight excluding hydrogens is 422 g/mol. The summed E-state index contributed by atoms with van der Waals surface area (Å²) in [7, 11) is 0. The third kappa shape index (κ3) is 3.46. The molecule has 30 heavy (non-hydrogen) atoms. The zero-order valence-corrected chi connectivity index (χ0v) is 17.2. The number of esters is 1. The number of nitrogens with zero attached hydrogens (tertiary/aromatic N) is 2. The molecule has 0 saturated carbocycles. The molecule has 4 aromatic rings. The number of carbonyl (C=O) groups excluding carboxylic acids is 2.